The van der Waals surface area contributed by atoms with Crippen LogP contribution < -0.4 is 14.8 Å². The molecule has 1 aromatic carbocycles. The van der Waals surface area contributed by atoms with Crippen molar-refractivity contribution < 1.29 is 19.1 Å². The summed E-state index contributed by atoms with van der Waals surface area (Å²) < 4.78 is 10.6. The SMILES string of the molecule is COc1ccc(CCNC(=O)CN2CCC(C(=O)N3CCCC3)CC2)cc1OC. The summed E-state index contributed by atoms with van der Waals surface area (Å²) in [6.07, 6.45) is 4.71. The zero-order chi connectivity index (χ0) is 20.6. The molecule has 2 saturated heterocycles. The molecule has 2 aliphatic heterocycles. The van der Waals surface area contributed by atoms with Crippen LogP contribution in [0, 0.1) is 5.92 Å². The Bertz CT molecular complexity index is 695. The van der Waals surface area contributed by atoms with Crippen molar-refractivity contribution in [3.05, 3.63) is 23.8 Å². The third-order valence-electron chi connectivity index (χ3n) is 5.91. The third kappa shape index (κ3) is 5.85. The van der Waals surface area contributed by atoms with Gasteiger partial charge < -0.3 is 19.7 Å². The molecule has 1 aromatic rings. The van der Waals surface area contributed by atoms with E-state index in [1.54, 1.807) is 14.2 Å². The molecule has 0 aliphatic carbocycles. The third-order valence-corrected chi connectivity index (χ3v) is 5.91. The first-order valence-electron chi connectivity index (χ1n) is 10.6. The second-order valence-electron chi connectivity index (χ2n) is 7.87. The quantitative estimate of drug-likeness (QED) is 0.715. The highest BCUT2D eigenvalue weighted by atomic mass is 16.5. The Labute approximate surface area is 173 Å². The summed E-state index contributed by atoms with van der Waals surface area (Å²) in [6.45, 7) is 4.44. The van der Waals surface area contributed by atoms with Gasteiger partial charge in [0, 0.05) is 25.6 Å². The fourth-order valence-corrected chi connectivity index (χ4v) is 4.18. The van der Waals surface area contributed by atoms with E-state index in [9.17, 15) is 9.59 Å². The van der Waals surface area contributed by atoms with E-state index in [2.05, 4.69) is 10.2 Å². The van der Waals surface area contributed by atoms with Crippen LogP contribution in [0.4, 0.5) is 0 Å². The van der Waals surface area contributed by atoms with E-state index in [0.717, 1.165) is 63.8 Å². The Hall–Kier alpha value is -2.28. The van der Waals surface area contributed by atoms with E-state index in [1.807, 2.05) is 23.1 Å². The Kier molecular flexibility index (Phi) is 7.75. The molecule has 0 bridgehead atoms. The Morgan fingerprint density at radius 1 is 1.03 bits per heavy atom. The van der Waals surface area contributed by atoms with Gasteiger partial charge in [0.2, 0.25) is 11.8 Å². The molecule has 2 fully saturated rings. The lowest BCUT2D eigenvalue weighted by molar-refractivity contribution is -0.136. The first-order valence-corrected chi connectivity index (χ1v) is 10.6. The molecular weight excluding hydrogens is 370 g/mol. The highest BCUT2D eigenvalue weighted by Gasteiger charge is 2.30. The van der Waals surface area contributed by atoms with Crippen LogP contribution in [0.1, 0.15) is 31.2 Å². The molecule has 29 heavy (non-hydrogen) atoms. The van der Waals surface area contributed by atoms with Gasteiger partial charge in [-0.1, -0.05) is 6.07 Å². The fraction of sp³-hybridized carbons (Fsp3) is 0.636. The highest BCUT2D eigenvalue weighted by molar-refractivity contribution is 5.79. The first kappa shape index (κ1) is 21.4. The van der Waals surface area contributed by atoms with Gasteiger partial charge in [0.15, 0.2) is 11.5 Å². The second-order valence-corrected chi connectivity index (χ2v) is 7.87. The van der Waals surface area contributed by atoms with Gasteiger partial charge in [-0.3, -0.25) is 14.5 Å². The molecule has 7 heteroatoms. The topological polar surface area (TPSA) is 71.1 Å². The van der Waals surface area contributed by atoms with E-state index in [-0.39, 0.29) is 11.8 Å². The molecule has 2 amide bonds. The number of carbonyl (C=O) groups is 2. The van der Waals surface area contributed by atoms with E-state index in [4.69, 9.17) is 9.47 Å². The van der Waals surface area contributed by atoms with Crippen molar-refractivity contribution in [3.63, 3.8) is 0 Å². The molecular formula is C22H33N3O4. The molecule has 1 N–H and O–H groups in total. The van der Waals surface area contributed by atoms with E-state index < -0.39 is 0 Å². The molecule has 0 saturated carbocycles. The van der Waals surface area contributed by atoms with Crippen molar-refractivity contribution >= 4 is 11.8 Å². The number of rotatable bonds is 8. The second kappa shape index (κ2) is 10.5. The summed E-state index contributed by atoms with van der Waals surface area (Å²) in [4.78, 5) is 28.9. The summed E-state index contributed by atoms with van der Waals surface area (Å²) >= 11 is 0. The van der Waals surface area contributed by atoms with Crippen LogP contribution in [-0.2, 0) is 16.0 Å². The molecule has 0 radical (unpaired) electrons. The fourth-order valence-electron chi connectivity index (χ4n) is 4.18. The van der Waals surface area contributed by atoms with E-state index >= 15 is 0 Å². The number of ether oxygens (including phenoxy) is 2. The van der Waals surface area contributed by atoms with Gasteiger partial charge in [0.05, 0.1) is 20.8 Å². The number of amides is 2. The number of methoxy groups -OCH3 is 2. The largest absolute Gasteiger partial charge is 0.493 e. The molecule has 0 spiro atoms. The number of carbonyl (C=O) groups excluding carboxylic acids is 2. The van der Waals surface area contributed by atoms with Crippen LogP contribution in [0.2, 0.25) is 0 Å². The van der Waals surface area contributed by atoms with Crippen LogP contribution in [-0.4, -0.2) is 75.1 Å². The van der Waals surface area contributed by atoms with Crippen molar-refractivity contribution in [3.8, 4) is 11.5 Å². The van der Waals surface area contributed by atoms with Gasteiger partial charge in [-0.15, -0.1) is 0 Å². The smallest absolute Gasteiger partial charge is 0.234 e. The monoisotopic (exact) mass is 403 g/mol. The predicted molar refractivity (Wildman–Crippen MR) is 111 cm³/mol. The molecule has 0 aromatic heterocycles. The van der Waals surface area contributed by atoms with Crippen LogP contribution in [0.5, 0.6) is 11.5 Å². The number of likely N-dealkylation sites (tertiary alicyclic amines) is 2. The maximum atomic E-state index is 12.5. The van der Waals surface area contributed by atoms with Crippen molar-refractivity contribution in [2.24, 2.45) is 5.92 Å². The van der Waals surface area contributed by atoms with Crippen molar-refractivity contribution in [2.75, 3.05) is 53.5 Å². The van der Waals surface area contributed by atoms with Crippen LogP contribution in [0.15, 0.2) is 18.2 Å². The molecule has 2 aliphatic rings. The summed E-state index contributed by atoms with van der Waals surface area (Å²) in [6, 6.07) is 5.80. The van der Waals surface area contributed by atoms with Crippen molar-refractivity contribution in [2.45, 2.75) is 32.1 Å². The van der Waals surface area contributed by atoms with Crippen LogP contribution >= 0.6 is 0 Å². The molecule has 0 unspecified atom stereocenters. The number of nitrogens with zero attached hydrogens (tertiary/aromatic N) is 2. The summed E-state index contributed by atoms with van der Waals surface area (Å²) in [7, 11) is 3.23. The Balaban J connectivity index is 1.35. The first-order chi connectivity index (χ1) is 14.1. The van der Waals surface area contributed by atoms with Crippen LogP contribution in [0.25, 0.3) is 0 Å². The number of nitrogens with one attached hydrogen (secondary N) is 1. The van der Waals surface area contributed by atoms with Crippen molar-refractivity contribution in [1.29, 1.82) is 0 Å². The molecule has 3 rings (SSSR count). The predicted octanol–water partition coefficient (Wildman–Crippen LogP) is 1.70. The number of piperidine rings is 1. The average molecular weight is 404 g/mol. The molecule has 160 valence electrons. The lowest BCUT2D eigenvalue weighted by Crippen LogP contribution is -2.45. The number of hydrogen-bond acceptors (Lipinski definition) is 5. The van der Waals surface area contributed by atoms with Gasteiger partial charge in [-0.25, -0.2) is 0 Å². The van der Waals surface area contributed by atoms with Crippen molar-refractivity contribution in [1.82, 2.24) is 15.1 Å². The van der Waals surface area contributed by atoms with Gasteiger partial charge in [-0.2, -0.15) is 0 Å². The average Bonchev–Trinajstić information content (AvgIpc) is 3.28. The lowest BCUT2D eigenvalue weighted by atomic mass is 9.95. The van der Waals surface area contributed by atoms with Gasteiger partial charge in [0.1, 0.15) is 0 Å². The van der Waals surface area contributed by atoms with E-state index in [1.165, 1.54) is 0 Å². The zero-order valence-corrected chi connectivity index (χ0v) is 17.6. The number of hydrogen-bond donors (Lipinski definition) is 1. The molecule has 7 nitrogen and oxygen atoms in total. The van der Waals surface area contributed by atoms with Gasteiger partial charge >= 0.3 is 0 Å². The standard InChI is InChI=1S/C22H33N3O4/c1-28-19-6-5-17(15-20(19)29-2)7-10-23-21(26)16-24-13-8-18(9-14-24)22(27)25-11-3-4-12-25/h5-6,15,18H,3-4,7-14,16H2,1-2H3,(H,23,26). The maximum Gasteiger partial charge on any atom is 0.234 e. The van der Waals surface area contributed by atoms with Gasteiger partial charge in [0.25, 0.3) is 0 Å². The normalized spacial score (nSPS) is 17.9. The summed E-state index contributed by atoms with van der Waals surface area (Å²) in [5.41, 5.74) is 1.09. The number of benzene rings is 1. The maximum absolute atomic E-state index is 12.5. The van der Waals surface area contributed by atoms with E-state index in [0.29, 0.717) is 30.5 Å². The molecule has 2 heterocycles. The minimum Gasteiger partial charge on any atom is -0.493 e. The lowest BCUT2D eigenvalue weighted by Gasteiger charge is -2.32. The zero-order valence-electron chi connectivity index (χ0n) is 17.6. The van der Waals surface area contributed by atoms with Gasteiger partial charge in [-0.05, 0) is 62.9 Å². The summed E-state index contributed by atoms with van der Waals surface area (Å²) in [5, 5.41) is 3.00. The molecule has 0 atom stereocenters. The Morgan fingerprint density at radius 3 is 2.38 bits per heavy atom. The minimum atomic E-state index is 0.0368. The Morgan fingerprint density at radius 2 is 1.72 bits per heavy atom. The van der Waals surface area contributed by atoms with Crippen LogP contribution in [0.3, 0.4) is 0 Å². The highest BCUT2D eigenvalue weighted by Crippen LogP contribution is 2.27. The summed E-state index contributed by atoms with van der Waals surface area (Å²) in [5.74, 6) is 1.89. The minimum absolute atomic E-state index is 0.0368.